The highest BCUT2D eigenvalue weighted by molar-refractivity contribution is 7.89. The van der Waals surface area contributed by atoms with E-state index in [1.165, 1.54) is 16.8 Å². The smallest absolute Gasteiger partial charge is 0.323 e. The van der Waals surface area contributed by atoms with Gasteiger partial charge in [-0.25, -0.2) is 8.42 Å². The van der Waals surface area contributed by atoms with E-state index in [1.54, 1.807) is 4.90 Å². The van der Waals surface area contributed by atoms with Crippen molar-refractivity contribution in [3.8, 4) is 0 Å². The molecule has 0 spiro atoms. The van der Waals surface area contributed by atoms with Gasteiger partial charge in [0.2, 0.25) is 10.0 Å². The number of fused-ring (bicyclic) bond motifs is 1. The summed E-state index contributed by atoms with van der Waals surface area (Å²) in [7, 11) is -3.86. The number of carbonyl (C=O) groups excluding carboxylic acids is 2. The molecule has 2 amide bonds. The molecule has 0 bridgehead atoms. The molecule has 3 rings (SSSR count). The summed E-state index contributed by atoms with van der Waals surface area (Å²) in [6.07, 6.45) is 4.72. The third-order valence-corrected chi connectivity index (χ3v) is 7.46. The van der Waals surface area contributed by atoms with E-state index in [0.717, 1.165) is 32.4 Å². The number of nitrogens with zero attached hydrogens (tertiary/aromatic N) is 3. The molecule has 0 saturated carbocycles. The van der Waals surface area contributed by atoms with Crippen LogP contribution in [-0.2, 0) is 21.4 Å². The number of nitrogens with one attached hydrogen (secondary N) is 3. The first kappa shape index (κ1) is 25.8. The van der Waals surface area contributed by atoms with Crippen LogP contribution in [0.4, 0.5) is 0 Å². The summed E-state index contributed by atoms with van der Waals surface area (Å²) in [6.45, 7) is 6.59. The van der Waals surface area contributed by atoms with Gasteiger partial charge in [-0.3, -0.25) is 19.1 Å². The van der Waals surface area contributed by atoms with Crippen LogP contribution in [-0.4, -0.2) is 90.5 Å². The lowest BCUT2D eigenvalue weighted by atomic mass is 9.94. The van der Waals surface area contributed by atoms with E-state index in [4.69, 9.17) is 0 Å². The standard InChI is InChI=1S/C21H32N6O6S/c1-2-3-12-34(32,33)25-17(21(30)31)14-23-19(28)16-13-18-20(29)26(10-11-27(18)24-16)9-6-15-4-7-22-8-5-15/h2,13,15,17,22,25H,1,3-12,14H2,(H,23,28)(H,30,31)/t17-/m0/s1. The highest BCUT2D eigenvalue weighted by atomic mass is 32.2. The highest BCUT2D eigenvalue weighted by Crippen LogP contribution is 2.19. The maximum absolute atomic E-state index is 12.9. The summed E-state index contributed by atoms with van der Waals surface area (Å²) < 4.78 is 27.5. The minimum atomic E-state index is -3.86. The highest BCUT2D eigenvalue weighted by Gasteiger charge is 2.29. The molecule has 1 fully saturated rings. The topological polar surface area (TPSA) is 163 Å². The van der Waals surface area contributed by atoms with E-state index in [1.807, 2.05) is 0 Å². The maximum atomic E-state index is 12.9. The Hall–Kier alpha value is -2.77. The van der Waals surface area contributed by atoms with Gasteiger partial charge in [0.1, 0.15) is 11.7 Å². The third kappa shape index (κ3) is 6.87. The zero-order chi connectivity index (χ0) is 24.7. The molecule has 4 N–H and O–H groups in total. The van der Waals surface area contributed by atoms with Crippen LogP contribution in [0.1, 0.15) is 46.7 Å². The molecule has 1 aromatic heterocycles. The van der Waals surface area contributed by atoms with E-state index in [-0.39, 0.29) is 23.8 Å². The van der Waals surface area contributed by atoms with Gasteiger partial charge < -0.3 is 20.6 Å². The van der Waals surface area contributed by atoms with Crippen LogP contribution >= 0.6 is 0 Å². The second kappa shape index (κ2) is 11.6. The van der Waals surface area contributed by atoms with Crippen molar-refractivity contribution in [1.82, 2.24) is 30.0 Å². The fraction of sp³-hybridized carbons (Fsp3) is 0.619. The number of carbonyl (C=O) groups is 3. The number of hydrogen-bond acceptors (Lipinski definition) is 7. The van der Waals surface area contributed by atoms with Crippen molar-refractivity contribution in [2.24, 2.45) is 5.92 Å². The van der Waals surface area contributed by atoms with Crippen LogP contribution in [0.3, 0.4) is 0 Å². The van der Waals surface area contributed by atoms with Crippen LogP contribution < -0.4 is 15.4 Å². The number of carboxylic acids is 1. The molecule has 1 atom stereocenters. The van der Waals surface area contributed by atoms with Crippen LogP contribution in [0.15, 0.2) is 18.7 Å². The number of amides is 2. The second-order valence-corrected chi connectivity index (χ2v) is 10.4. The molecular formula is C21H32N6O6S. The summed E-state index contributed by atoms with van der Waals surface area (Å²) in [5.74, 6) is -2.01. The number of sulfonamides is 1. The number of allylic oxidation sites excluding steroid dienone is 1. The first-order chi connectivity index (χ1) is 16.2. The molecule has 1 saturated heterocycles. The van der Waals surface area contributed by atoms with Gasteiger partial charge in [0.25, 0.3) is 11.8 Å². The molecule has 0 radical (unpaired) electrons. The van der Waals surface area contributed by atoms with E-state index in [2.05, 4.69) is 27.0 Å². The lowest BCUT2D eigenvalue weighted by molar-refractivity contribution is -0.138. The molecule has 0 aromatic carbocycles. The fourth-order valence-electron chi connectivity index (χ4n) is 4.05. The van der Waals surface area contributed by atoms with Crippen LogP contribution in [0.2, 0.25) is 0 Å². The number of piperidine rings is 1. The van der Waals surface area contributed by atoms with E-state index < -0.39 is 34.5 Å². The van der Waals surface area contributed by atoms with Gasteiger partial charge in [-0.2, -0.15) is 9.82 Å². The molecule has 1 aromatic rings. The Morgan fingerprint density at radius 3 is 2.74 bits per heavy atom. The molecule has 2 aliphatic heterocycles. The number of hydrogen-bond donors (Lipinski definition) is 4. The van der Waals surface area contributed by atoms with Gasteiger partial charge in [-0.05, 0) is 44.7 Å². The Balaban J connectivity index is 1.57. The van der Waals surface area contributed by atoms with Crippen molar-refractivity contribution >= 4 is 27.8 Å². The van der Waals surface area contributed by atoms with Crippen molar-refractivity contribution in [2.45, 2.75) is 38.3 Å². The summed E-state index contributed by atoms with van der Waals surface area (Å²) in [5.41, 5.74) is 0.281. The average Bonchev–Trinajstić information content (AvgIpc) is 3.26. The number of rotatable bonds is 12. The van der Waals surface area contributed by atoms with Gasteiger partial charge in [-0.1, -0.05) is 6.08 Å². The molecule has 34 heavy (non-hydrogen) atoms. The summed E-state index contributed by atoms with van der Waals surface area (Å²) in [5, 5.41) is 19.2. The monoisotopic (exact) mass is 496 g/mol. The van der Waals surface area contributed by atoms with Crippen LogP contribution in [0.25, 0.3) is 0 Å². The summed E-state index contributed by atoms with van der Waals surface area (Å²) in [4.78, 5) is 38.6. The number of carboxylic acid groups (broad SMARTS) is 1. The molecule has 0 aliphatic carbocycles. The molecule has 188 valence electrons. The Bertz CT molecular complexity index is 1020. The predicted octanol–water partition coefficient (Wildman–Crippen LogP) is -0.593. The van der Waals surface area contributed by atoms with E-state index in [0.29, 0.717) is 31.2 Å². The van der Waals surface area contributed by atoms with Crippen LogP contribution in [0, 0.1) is 5.92 Å². The largest absolute Gasteiger partial charge is 0.480 e. The third-order valence-electron chi connectivity index (χ3n) is 6.04. The van der Waals surface area contributed by atoms with E-state index >= 15 is 0 Å². The Morgan fingerprint density at radius 1 is 1.32 bits per heavy atom. The van der Waals surface area contributed by atoms with Gasteiger partial charge in [0.05, 0.1) is 12.3 Å². The van der Waals surface area contributed by atoms with Crippen molar-refractivity contribution in [3.63, 3.8) is 0 Å². The normalized spacial score (nSPS) is 17.8. The number of aliphatic carboxylic acids is 1. The molecule has 3 heterocycles. The first-order valence-electron chi connectivity index (χ1n) is 11.4. The first-order valence-corrected chi connectivity index (χ1v) is 13.0. The number of aromatic nitrogens is 2. The Labute approximate surface area is 198 Å². The average molecular weight is 497 g/mol. The maximum Gasteiger partial charge on any atom is 0.323 e. The molecular weight excluding hydrogens is 464 g/mol. The van der Waals surface area contributed by atoms with Crippen molar-refractivity contribution < 1.29 is 27.9 Å². The van der Waals surface area contributed by atoms with Gasteiger partial charge in [0.15, 0.2) is 5.69 Å². The van der Waals surface area contributed by atoms with Crippen molar-refractivity contribution in [1.29, 1.82) is 0 Å². The van der Waals surface area contributed by atoms with E-state index in [9.17, 15) is 27.9 Å². The molecule has 12 nitrogen and oxygen atoms in total. The minimum Gasteiger partial charge on any atom is -0.480 e. The van der Waals surface area contributed by atoms with Gasteiger partial charge in [0, 0.05) is 25.7 Å². The van der Waals surface area contributed by atoms with Crippen LogP contribution in [0.5, 0.6) is 0 Å². The lowest BCUT2D eigenvalue weighted by Gasteiger charge is -2.30. The quantitative estimate of drug-likeness (QED) is 0.279. The summed E-state index contributed by atoms with van der Waals surface area (Å²) >= 11 is 0. The van der Waals surface area contributed by atoms with Gasteiger partial charge in [-0.15, -0.1) is 6.58 Å². The summed E-state index contributed by atoms with van der Waals surface area (Å²) in [6, 6.07) is -0.151. The molecule has 0 unspecified atom stereocenters. The van der Waals surface area contributed by atoms with Crippen molar-refractivity contribution in [2.75, 3.05) is 38.5 Å². The van der Waals surface area contributed by atoms with Crippen molar-refractivity contribution in [3.05, 3.63) is 30.1 Å². The fourth-order valence-corrected chi connectivity index (χ4v) is 5.26. The Morgan fingerprint density at radius 2 is 2.06 bits per heavy atom. The lowest BCUT2D eigenvalue weighted by Crippen LogP contribution is -2.49. The zero-order valence-electron chi connectivity index (χ0n) is 19.0. The Kier molecular flexibility index (Phi) is 8.80. The van der Waals surface area contributed by atoms with Gasteiger partial charge >= 0.3 is 5.97 Å². The zero-order valence-corrected chi connectivity index (χ0v) is 19.8. The second-order valence-electron chi connectivity index (χ2n) is 8.53. The SMILES string of the molecule is C=CCCS(=O)(=O)N[C@@H](CNC(=O)c1cc2n(n1)CCN(CCC1CCNCC1)C2=O)C(=O)O. The molecule has 13 heteroatoms. The predicted molar refractivity (Wildman–Crippen MR) is 124 cm³/mol. The molecule has 2 aliphatic rings. The minimum absolute atomic E-state index is 0.0257.